The van der Waals surface area contributed by atoms with Gasteiger partial charge < -0.3 is 25.5 Å². The summed E-state index contributed by atoms with van der Waals surface area (Å²) in [6.45, 7) is 9.04. The molecule has 35 heavy (non-hydrogen) atoms. The summed E-state index contributed by atoms with van der Waals surface area (Å²) in [5.74, 6) is -0.309. The highest BCUT2D eigenvalue weighted by atomic mass is 16.3. The highest BCUT2D eigenvalue weighted by Crippen LogP contribution is 2.30. The van der Waals surface area contributed by atoms with Gasteiger partial charge in [-0.15, -0.1) is 0 Å². The van der Waals surface area contributed by atoms with Crippen molar-refractivity contribution >= 4 is 23.8 Å². The number of amides is 2. The number of likely N-dealkylation sites (N-methyl/N-ethyl adjacent to an activating group) is 2. The average molecular weight is 483 g/mol. The smallest absolute Gasteiger partial charge is 0.272 e. The van der Waals surface area contributed by atoms with Crippen molar-refractivity contribution in [1.82, 2.24) is 15.1 Å². The van der Waals surface area contributed by atoms with Crippen molar-refractivity contribution in [2.45, 2.75) is 34.2 Å². The molecule has 0 unspecified atom stereocenters. The fraction of sp³-hybridized carbons (Fsp3) is 0.370. The van der Waals surface area contributed by atoms with Crippen LogP contribution >= 0.6 is 0 Å². The lowest BCUT2D eigenvalue weighted by molar-refractivity contribution is -0.126. The van der Waals surface area contributed by atoms with Crippen molar-refractivity contribution in [1.29, 1.82) is 0 Å². The number of nitrogens with zero attached hydrogens (tertiary/aromatic N) is 2. The molecule has 2 aromatic carbocycles. The predicted molar refractivity (Wildman–Crippen MR) is 140 cm³/mol. The van der Waals surface area contributed by atoms with E-state index in [9.17, 15) is 19.5 Å². The van der Waals surface area contributed by atoms with Crippen molar-refractivity contribution in [2.75, 3.05) is 33.0 Å². The first-order valence-electron chi connectivity index (χ1n) is 11.6. The van der Waals surface area contributed by atoms with Crippen molar-refractivity contribution < 1.29 is 19.5 Å². The van der Waals surface area contributed by atoms with E-state index in [0.717, 1.165) is 11.5 Å². The predicted octanol–water partition coefficient (Wildman–Crippen LogP) is 3.85. The van der Waals surface area contributed by atoms with Crippen LogP contribution < -0.4 is 10.6 Å². The zero-order valence-corrected chi connectivity index (χ0v) is 21.8. The Kier molecular flexibility index (Phi) is 12.1. The molecule has 0 saturated carbocycles. The summed E-state index contributed by atoms with van der Waals surface area (Å²) in [7, 11) is 4.77. The maximum atomic E-state index is 13.2. The maximum Gasteiger partial charge on any atom is 0.272 e. The summed E-state index contributed by atoms with van der Waals surface area (Å²) in [5.41, 5.74) is 1.17. The van der Waals surface area contributed by atoms with Crippen molar-refractivity contribution in [3.8, 4) is 5.75 Å². The van der Waals surface area contributed by atoms with E-state index in [1.807, 2.05) is 30.3 Å². The SMILES string of the molecule is CC(C)C.CCN/C(C=O)=C(\Nc1cccc(C(=O)N(C)C)c1O)C(=O)N(C)Cc1ccccc1. The third-order valence-corrected chi connectivity index (χ3v) is 4.51. The van der Waals surface area contributed by atoms with Gasteiger partial charge in [0.05, 0.1) is 11.3 Å². The van der Waals surface area contributed by atoms with Crippen LogP contribution in [0.2, 0.25) is 0 Å². The Morgan fingerprint density at radius 3 is 2.11 bits per heavy atom. The van der Waals surface area contributed by atoms with Crippen LogP contribution in [0.3, 0.4) is 0 Å². The number of rotatable bonds is 9. The summed E-state index contributed by atoms with van der Waals surface area (Å²) in [6.07, 6.45) is 0.548. The van der Waals surface area contributed by atoms with Gasteiger partial charge in [-0.1, -0.05) is 57.2 Å². The van der Waals surface area contributed by atoms with Crippen LogP contribution in [0.5, 0.6) is 5.75 Å². The maximum absolute atomic E-state index is 13.2. The molecule has 3 N–H and O–H groups in total. The molecule has 0 aromatic heterocycles. The van der Waals surface area contributed by atoms with Gasteiger partial charge in [-0.2, -0.15) is 0 Å². The molecule has 2 amide bonds. The number of aromatic hydroxyl groups is 1. The van der Waals surface area contributed by atoms with Gasteiger partial charge >= 0.3 is 0 Å². The Bertz CT molecular complexity index is 1010. The van der Waals surface area contributed by atoms with Gasteiger partial charge in [0, 0.05) is 34.2 Å². The number of allylic oxidation sites excluding steroid dienone is 1. The Balaban J connectivity index is 0.00000142. The minimum absolute atomic E-state index is 0.0277. The molecule has 8 nitrogen and oxygen atoms in total. The molecule has 0 heterocycles. The Morgan fingerprint density at radius 2 is 1.60 bits per heavy atom. The fourth-order valence-corrected chi connectivity index (χ4v) is 2.93. The number of phenolic OH excluding ortho intramolecular Hbond substituents is 1. The molecule has 0 saturated heterocycles. The molecule has 0 aliphatic rings. The minimum Gasteiger partial charge on any atom is -0.505 e. The van der Waals surface area contributed by atoms with Gasteiger partial charge in [0.15, 0.2) is 12.0 Å². The van der Waals surface area contributed by atoms with E-state index >= 15 is 0 Å². The number of nitrogens with one attached hydrogen (secondary N) is 2. The molecular weight excluding hydrogens is 444 g/mol. The highest BCUT2D eigenvalue weighted by molar-refractivity contribution is 6.03. The quantitative estimate of drug-likeness (QED) is 0.285. The highest BCUT2D eigenvalue weighted by Gasteiger charge is 2.23. The molecule has 0 radical (unpaired) electrons. The summed E-state index contributed by atoms with van der Waals surface area (Å²) >= 11 is 0. The van der Waals surface area contributed by atoms with E-state index in [1.54, 1.807) is 34.1 Å². The number of anilines is 1. The number of para-hydroxylation sites is 1. The molecule has 2 aromatic rings. The van der Waals surface area contributed by atoms with Crippen LogP contribution in [0.1, 0.15) is 43.6 Å². The Morgan fingerprint density at radius 1 is 1.00 bits per heavy atom. The van der Waals surface area contributed by atoms with Gasteiger partial charge in [-0.25, -0.2) is 0 Å². The fourth-order valence-electron chi connectivity index (χ4n) is 2.93. The van der Waals surface area contributed by atoms with Gasteiger partial charge in [-0.05, 0) is 30.5 Å². The third kappa shape index (κ3) is 9.16. The monoisotopic (exact) mass is 482 g/mol. The molecule has 0 atom stereocenters. The van der Waals surface area contributed by atoms with Crippen LogP contribution in [0, 0.1) is 5.92 Å². The largest absolute Gasteiger partial charge is 0.505 e. The number of benzene rings is 2. The van der Waals surface area contributed by atoms with E-state index in [2.05, 4.69) is 31.4 Å². The lowest BCUT2D eigenvalue weighted by atomic mass is 10.1. The summed E-state index contributed by atoms with van der Waals surface area (Å²) in [4.78, 5) is 40.0. The van der Waals surface area contributed by atoms with Crippen LogP contribution in [-0.4, -0.2) is 60.7 Å². The van der Waals surface area contributed by atoms with Crippen molar-refractivity contribution in [3.63, 3.8) is 0 Å². The molecule has 2 rings (SSSR count). The van der Waals surface area contributed by atoms with E-state index in [0.29, 0.717) is 19.4 Å². The minimum atomic E-state index is -0.448. The topological polar surface area (TPSA) is 102 Å². The van der Waals surface area contributed by atoms with Crippen LogP contribution in [-0.2, 0) is 16.1 Å². The average Bonchev–Trinajstić information content (AvgIpc) is 2.81. The lowest BCUT2D eigenvalue weighted by Crippen LogP contribution is -2.34. The molecule has 0 aliphatic carbocycles. The second-order valence-corrected chi connectivity index (χ2v) is 8.84. The molecule has 0 spiro atoms. The molecule has 0 aliphatic heterocycles. The molecule has 8 heteroatoms. The second-order valence-electron chi connectivity index (χ2n) is 8.84. The van der Waals surface area contributed by atoms with Gasteiger partial charge in [0.2, 0.25) is 0 Å². The number of hydrogen-bond donors (Lipinski definition) is 3. The van der Waals surface area contributed by atoms with Gasteiger partial charge in [-0.3, -0.25) is 14.4 Å². The number of carbonyl (C=O) groups is 3. The standard InChI is InChI=1S/C23H28N4O4.C4H10/c1-5-24-19(15-28)20(23(31)27(4)14-16-10-7-6-8-11-16)25-18-13-9-12-17(21(18)29)22(30)26(2)3;1-4(2)3/h6-13,15,24-25,29H,5,14H2,1-4H3;4H,1-3H3/b20-19-;. The number of aldehydes is 1. The van der Waals surface area contributed by atoms with Crippen LogP contribution in [0.4, 0.5) is 5.69 Å². The van der Waals surface area contributed by atoms with Gasteiger partial charge in [0.25, 0.3) is 11.8 Å². The number of hydrogen-bond acceptors (Lipinski definition) is 6. The van der Waals surface area contributed by atoms with E-state index in [-0.39, 0.29) is 34.3 Å². The molecule has 190 valence electrons. The van der Waals surface area contributed by atoms with Crippen LogP contribution in [0.25, 0.3) is 0 Å². The molecular formula is C27H38N4O4. The number of phenols is 1. The van der Waals surface area contributed by atoms with Gasteiger partial charge in [0.1, 0.15) is 11.4 Å². The summed E-state index contributed by atoms with van der Waals surface area (Å²) < 4.78 is 0. The number of carbonyl (C=O) groups excluding carboxylic acids is 3. The lowest BCUT2D eigenvalue weighted by Gasteiger charge is -2.22. The molecule has 0 bridgehead atoms. The summed E-state index contributed by atoms with van der Waals surface area (Å²) in [6, 6.07) is 14.0. The first-order chi connectivity index (χ1) is 16.5. The first-order valence-corrected chi connectivity index (χ1v) is 11.6. The molecule has 0 fully saturated rings. The van der Waals surface area contributed by atoms with Crippen molar-refractivity contribution in [3.05, 3.63) is 71.1 Å². The Hall–Kier alpha value is -3.81. The van der Waals surface area contributed by atoms with Crippen LogP contribution in [0.15, 0.2) is 59.9 Å². The second kappa shape index (κ2) is 14.5. The zero-order valence-electron chi connectivity index (χ0n) is 21.8. The van der Waals surface area contributed by atoms with E-state index in [4.69, 9.17) is 0 Å². The van der Waals surface area contributed by atoms with E-state index < -0.39 is 5.91 Å². The summed E-state index contributed by atoms with van der Waals surface area (Å²) in [5, 5.41) is 16.4. The zero-order chi connectivity index (χ0) is 26.5. The Labute approximate surface area is 208 Å². The van der Waals surface area contributed by atoms with Crippen molar-refractivity contribution in [2.24, 2.45) is 5.92 Å². The first kappa shape index (κ1) is 29.2. The van der Waals surface area contributed by atoms with E-state index in [1.165, 1.54) is 21.9 Å². The normalized spacial score (nSPS) is 11.0. The third-order valence-electron chi connectivity index (χ3n) is 4.51.